The fraction of sp³-hybridized carbons (Fsp3) is 0.500. The fourth-order valence-corrected chi connectivity index (χ4v) is 2.38. The number of methoxy groups -OCH3 is 1. The fourth-order valence-electron chi connectivity index (χ4n) is 2.22. The van der Waals surface area contributed by atoms with Gasteiger partial charge in [0.15, 0.2) is 0 Å². The highest BCUT2D eigenvalue weighted by Crippen LogP contribution is 2.37. The van der Waals surface area contributed by atoms with Crippen LogP contribution in [0.4, 0.5) is 4.39 Å². The Morgan fingerprint density at radius 2 is 2.06 bits per heavy atom. The second-order valence-corrected chi connectivity index (χ2v) is 4.41. The van der Waals surface area contributed by atoms with Gasteiger partial charge in [-0.15, -0.1) is 0 Å². The van der Waals surface area contributed by atoms with Crippen LogP contribution in [0.5, 0.6) is 5.75 Å². The molecule has 0 atom stereocenters. The standard InChI is InChI=1S/C12H15ClFNO/c1-16-10-3-2-9(13)12(14)11(10)8-4-6-15-7-5-8/h2-3,8,15H,4-7H2,1H3. The Balaban J connectivity index is 2.39. The van der Waals surface area contributed by atoms with Crippen molar-refractivity contribution in [2.45, 2.75) is 18.8 Å². The molecular formula is C12H15ClFNO. The third kappa shape index (κ3) is 2.15. The number of nitrogens with one attached hydrogen (secondary N) is 1. The highest BCUT2D eigenvalue weighted by atomic mass is 35.5. The normalized spacial score (nSPS) is 17.4. The third-order valence-corrected chi connectivity index (χ3v) is 3.35. The molecule has 16 heavy (non-hydrogen) atoms. The van der Waals surface area contributed by atoms with E-state index in [0.717, 1.165) is 25.9 Å². The van der Waals surface area contributed by atoms with E-state index < -0.39 is 0 Å². The highest BCUT2D eigenvalue weighted by Gasteiger charge is 2.23. The first-order chi connectivity index (χ1) is 7.74. The molecule has 1 aliphatic heterocycles. The van der Waals surface area contributed by atoms with Crippen LogP contribution >= 0.6 is 11.6 Å². The minimum atomic E-state index is -0.326. The summed E-state index contributed by atoms with van der Waals surface area (Å²) in [6, 6.07) is 3.28. The lowest BCUT2D eigenvalue weighted by atomic mass is 9.89. The number of ether oxygens (including phenoxy) is 1. The Bertz CT molecular complexity index is 378. The zero-order valence-corrected chi connectivity index (χ0v) is 9.98. The molecule has 4 heteroatoms. The molecule has 0 radical (unpaired) electrons. The maximum atomic E-state index is 14.0. The molecule has 0 bridgehead atoms. The number of hydrogen-bond acceptors (Lipinski definition) is 2. The summed E-state index contributed by atoms with van der Waals surface area (Å²) in [6.45, 7) is 1.83. The second kappa shape index (κ2) is 5.02. The van der Waals surface area contributed by atoms with Crippen LogP contribution in [0.25, 0.3) is 0 Å². The van der Waals surface area contributed by atoms with Gasteiger partial charge in [-0.2, -0.15) is 0 Å². The first-order valence-electron chi connectivity index (χ1n) is 5.46. The number of hydrogen-bond donors (Lipinski definition) is 1. The first kappa shape index (κ1) is 11.7. The number of rotatable bonds is 2. The van der Waals surface area contributed by atoms with Crippen LogP contribution in [0.15, 0.2) is 12.1 Å². The highest BCUT2D eigenvalue weighted by molar-refractivity contribution is 6.30. The van der Waals surface area contributed by atoms with Crippen molar-refractivity contribution >= 4 is 11.6 Å². The molecule has 1 N–H and O–H groups in total. The predicted octanol–water partition coefficient (Wildman–Crippen LogP) is 2.95. The van der Waals surface area contributed by atoms with E-state index in [2.05, 4.69) is 5.32 Å². The first-order valence-corrected chi connectivity index (χ1v) is 5.84. The SMILES string of the molecule is COc1ccc(Cl)c(F)c1C1CCNCC1. The molecule has 0 aromatic heterocycles. The zero-order chi connectivity index (χ0) is 11.5. The largest absolute Gasteiger partial charge is 0.496 e. The van der Waals surface area contributed by atoms with Gasteiger partial charge in [-0.1, -0.05) is 11.6 Å². The molecule has 2 rings (SSSR count). The quantitative estimate of drug-likeness (QED) is 0.862. The maximum absolute atomic E-state index is 14.0. The van der Waals surface area contributed by atoms with E-state index in [-0.39, 0.29) is 16.8 Å². The van der Waals surface area contributed by atoms with Crippen LogP contribution in [0, 0.1) is 5.82 Å². The van der Waals surface area contributed by atoms with E-state index in [1.54, 1.807) is 19.2 Å². The lowest BCUT2D eigenvalue weighted by Gasteiger charge is -2.25. The molecule has 0 unspecified atom stereocenters. The smallest absolute Gasteiger partial charge is 0.148 e. The minimum Gasteiger partial charge on any atom is -0.496 e. The van der Waals surface area contributed by atoms with Gasteiger partial charge in [-0.3, -0.25) is 0 Å². The minimum absolute atomic E-state index is 0.175. The molecular weight excluding hydrogens is 229 g/mol. The van der Waals surface area contributed by atoms with Crippen LogP contribution in [-0.2, 0) is 0 Å². The molecule has 1 aromatic rings. The van der Waals surface area contributed by atoms with Crippen LogP contribution in [0.1, 0.15) is 24.3 Å². The number of piperidine rings is 1. The van der Waals surface area contributed by atoms with E-state index >= 15 is 0 Å². The Morgan fingerprint density at radius 3 is 2.69 bits per heavy atom. The third-order valence-electron chi connectivity index (χ3n) is 3.06. The summed E-state index contributed by atoms with van der Waals surface area (Å²) < 4.78 is 19.2. The van der Waals surface area contributed by atoms with Gasteiger partial charge >= 0.3 is 0 Å². The van der Waals surface area contributed by atoms with Gasteiger partial charge in [0.2, 0.25) is 0 Å². The Labute approximate surface area is 99.7 Å². The van der Waals surface area contributed by atoms with Gasteiger partial charge in [0.1, 0.15) is 11.6 Å². The molecule has 0 spiro atoms. The summed E-state index contributed by atoms with van der Waals surface area (Å²) in [5.41, 5.74) is 0.636. The van der Waals surface area contributed by atoms with E-state index in [4.69, 9.17) is 16.3 Å². The Morgan fingerprint density at radius 1 is 1.38 bits per heavy atom. The lowest BCUT2D eigenvalue weighted by molar-refractivity contribution is 0.382. The summed E-state index contributed by atoms with van der Waals surface area (Å²) in [4.78, 5) is 0. The van der Waals surface area contributed by atoms with Crippen molar-refractivity contribution in [3.05, 3.63) is 28.5 Å². The predicted molar refractivity (Wildman–Crippen MR) is 62.8 cm³/mol. The average molecular weight is 244 g/mol. The summed E-state index contributed by atoms with van der Waals surface area (Å²) in [7, 11) is 1.56. The number of halogens is 2. The van der Waals surface area contributed by atoms with Crippen molar-refractivity contribution < 1.29 is 9.13 Å². The van der Waals surface area contributed by atoms with Crippen molar-refractivity contribution in [3.63, 3.8) is 0 Å². The molecule has 1 heterocycles. The van der Waals surface area contributed by atoms with Crippen LogP contribution in [0.3, 0.4) is 0 Å². The van der Waals surface area contributed by atoms with Crippen molar-refractivity contribution in [1.29, 1.82) is 0 Å². The molecule has 0 amide bonds. The average Bonchev–Trinajstić information content (AvgIpc) is 2.33. The van der Waals surface area contributed by atoms with Gasteiger partial charge in [0, 0.05) is 5.56 Å². The van der Waals surface area contributed by atoms with Gasteiger partial charge in [0.05, 0.1) is 12.1 Å². The van der Waals surface area contributed by atoms with Crippen molar-refractivity contribution in [3.8, 4) is 5.75 Å². The van der Waals surface area contributed by atoms with Gasteiger partial charge < -0.3 is 10.1 Å². The van der Waals surface area contributed by atoms with E-state index in [0.29, 0.717) is 11.3 Å². The molecule has 2 nitrogen and oxygen atoms in total. The summed E-state index contributed by atoms with van der Waals surface area (Å²) >= 11 is 5.82. The summed E-state index contributed by atoms with van der Waals surface area (Å²) in [5, 5.41) is 3.44. The van der Waals surface area contributed by atoms with Crippen molar-refractivity contribution in [1.82, 2.24) is 5.32 Å². The molecule has 1 aliphatic rings. The summed E-state index contributed by atoms with van der Waals surface area (Å²) in [6.07, 6.45) is 1.85. The lowest BCUT2D eigenvalue weighted by Crippen LogP contribution is -2.27. The molecule has 88 valence electrons. The van der Waals surface area contributed by atoms with E-state index in [1.807, 2.05) is 0 Å². The topological polar surface area (TPSA) is 21.3 Å². The molecule has 1 fully saturated rings. The van der Waals surface area contributed by atoms with Crippen LogP contribution < -0.4 is 10.1 Å². The zero-order valence-electron chi connectivity index (χ0n) is 9.22. The van der Waals surface area contributed by atoms with Crippen molar-refractivity contribution in [2.75, 3.05) is 20.2 Å². The van der Waals surface area contributed by atoms with Gasteiger partial charge in [0.25, 0.3) is 0 Å². The molecule has 0 aliphatic carbocycles. The Hall–Kier alpha value is -0.800. The molecule has 1 aromatic carbocycles. The van der Waals surface area contributed by atoms with E-state index in [1.165, 1.54) is 0 Å². The van der Waals surface area contributed by atoms with Gasteiger partial charge in [-0.25, -0.2) is 4.39 Å². The second-order valence-electron chi connectivity index (χ2n) is 4.00. The van der Waals surface area contributed by atoms with Crippen LogP contribution in [0.2, 0.25) is 5.02 Å². The van der Waals surface area contributed by atoms with Crippen molar-refractivity contribution in [2.24, 2.45) is 0 Å². The Kier molecular flexibility index (Phi) is 3.66. The monoisotopic (exact) mass is 243 g/mol. The maximum Gasteiger partial charge on any atom is 0.148 e. The molecule has 1 saturated heterocycles. The summed E-state index contributed by atoms with van der Waals surface area (Å²) in [5.74, 6) is 0.483. The molecule has 0 saturated carbocycles. The van der Waals surface area contributed by atoms with E-state index in [9.17, 15) is 4.39 Å². The van der Waals surface area contributed by atoms with Crippen LogP contribution in [-0.4, -0.2) is 20.2 Å². The number of benzene rings is 1. The van der Waals surface area contributed by atoms with Gasteiger partial charge in [-0.05, 0) is 44.0 Å².